The van der Waals surface area contributed by atoms with Crippen LogP contribution in [0.15, 0.2) is 0 Å². The monoisotopic (exact) mass is 240 g/mol. The lowest BCUT2D eigenvalue weighted by Crippen LogP contribution is -2.39. The average molecular weight is 240 g/mol. The summed E-state index contributed by atoms with van der Waals surface area (Å²) in [6.07, 6.45) is -4.84. The quantitative estimate of drug-likeness (QED) is 0.792. The van der Waals surface area contributed by atoms with E-state index < -0.39 is 18.7 Å². The predicted octanol–water partition coefficient (Wildman–Crippen LogP) is 0.936. The molecule has 0 aromatic carbocycles. The number of hydrogen-bond donors (Lipinski definition) is 1. The molecule has 2 atom stereocenters. The molecule has 1 fully saturated rings. The Morgan fingerprint density at radius 3 is 2.50 bits per heavy atom. The summed E-state index contributed by atoms with van der Waals surface area (Å²) in [5, 5.41) is 9.47. The van der Waals surface area contributed by atoms with Crippen LogP contribution < -0.4 is 0 Å². The van der Waals surface area contributed by atoms with Crippen LogP contribution in [0.25, 0.3) is 0 Å². The number of likely N-dealkylation sites (tertiary alicyclic amines) is 1. The molecule has 0 spiro atoms. The first-order chi connectivity index (χ1) is 7.28. The third-order valence-electron chi connectivity index (χ3n) is 2.76. The van der Waals surface area contributed by atoms with E-state index in [1.807, 2.05) is 19.0 Å². The van der Waals surface area contributed by atoms with E-state index in [0.29, 0.717) is 19.5 Å². The van der Waals surface area contributed by atoms with Gasteiger partial charge in [0.05, 0.1) is 12.5 Å². The van der Waals surface area contributed by atoms with Gasteiger partial charge in [0.25, 0.3) is 0 Å². The highest BCUT2D eigenvalue weighted by Gasteiger charge is 2.34. The molecule has 1 aliphatic heterocycles. The van der Waals surface area contributed by atoms with Crippen molar-refractivity contribution in [1.82, 2.24) is 9.80 Å². The first-order valence-corrected chi connectivity index (χ1v) is 5.41. The minimum absolute atomic E-state index is 0.0148. The molecular weight excluding hydrogens is 221 g/mol. The zero-order chi connectivity index (χ0) is 12.3. The molecule has 0 amide bonds. The highest BCUT2D eigenvalue weighted by molar-refractivity contribution is 4.86. The number of rotatable bonds is 4. The fraction of sp³-hybridized carbons (Fsp3) is 1.00. The molecule has 6 heteroatoms. The molecule has 0 saturated carbocycles. The van der Waals surface area contributed by atoms with Crippen molar-refractivity contribution < 1.29 is 18.3 Å². The van der Waals surface area contributed by atoms with E-state index in [4.69, 9.17) is 0 Å². The van der Waals surface area contributed by atoms with Crippen LogP contribution in [-0.4, -0.2) is 67.0 Å². The van der Waals surface area contributed by atoms with E-state index in [0.717, 1.165) is 0 Å². The average Bonchev–Trinajstić information content (AvgIpc) is 2.40. The number of aliphatic hydroxyl groups excluding tert-OH is 1. The maximum Gasteiger partial charge on any atom is 0.390 e. The van der Waals surface area contributed by atoms with E-state index in [2.05, 4.69) is 0 Å². The summed E-state index contributed by atoms with van der Waals surface area (Å²) in [6.45, 7) is 1.03. The van der Waals surface area contributed by atoms with Crippen LogP contribution >= 0.6 is 0 Å². The topological polar surface area (TPSA) is 26.7 Å². The number of hydrogen-bond acceptors (Lipinski definition) is 3. The molecule has 0 aromatic rings. The Hall–Kier alpha value is -0.330. The summed E-state index contributed by atoms with van der Waals surface area (Å²) in [5.41, 5.74) is 0. The Kier molecular flexibility index (Phi) is 4.58. The number of nitrogens with zero attached hydrogens (tertiary/aromatic N) is 2. The van der Waals surface area contributed by atoms with Crippen LogP contribution in [0, 0.1) is 0 Å². The van der Waals surface area contributed by atoms with E-state index in [9.17, 15) is 18.3 Å². The van der Waals surface area contributed by atoms with Crippen LogP contribution in [0.1, 0.15) is 12.8 Å². The minimum Gasteiger partial charge on any atom is -0.392 e. The fourth-order valence-corrected chi connectivity index (χ4v) is 2.11. The summed E-state index contributed by atoms with van der Waals surface area (Å²) in [7, 11) is 3.76. The van der Waals surface area contributed by atoms with Crippen molar-refractivity contribution in [2.24, 2.45) is 0 Å². The third kappa shape index (κ3) is 4.67. The van der Waals surface area contributed by atoms with Gasteiger partial charge in [-0.1, -0.05) is 0 Å². The highest BCUT2D eigenvalue weighted by atomic mass is 19.4. The van der Waals surface area contributed by atoms with Crippen molar-refractivity contribution in [1.29, 1.82) is 0 Å². The van der Waals surface area contributed by atoms with Gasteiger partial charge in [-0.25, -0.2) is 0 Å². The molecule has 3 nitrogen and oxygen atoms in total. The Labute approximate surface area is 93.8 Å². The lowest BCUT2D eigenvalue weighted by atomic mass is 10.2. The van der Waals surface area contributed by atoms with Gasteiger partial charge in [0.2, 0.25) is 0 Å². The fourth-order valence-electron chi connectivity index (χ4n) is 2.11. The Bertz CT molecular complexity index is 221. The molecule has 16 heavy (non-hydrogen) atoms. The lowest BCUT2D eigenvalue weighted by molar-refractivity contribution is -0.138. The van der Waals surface area contributed by atoms with Crippen molar-refractivity contribution in [3.8, 4) is 0 Å². The zero-order valence-corrected chi connectivity index (χ0v) is 9.67. The number of alkyl halides is 3. The molecule has 1 rings (SSSR count). The smallest absolute Gasteiger partial charge is 0.390 e. The number of β-amino-alcohol motifs (C(OH)–C–C–N with tert-alkyl or cyclic N) is 1. The minimum atomic E-state index is -4.11. The number of aliphatic hydroxyl groups is 1. The maximum atomic E-state index is 12.1. The second kappa shape index (κ2) is 5.33. The van der Waals surface area contributed by atoms with Gasteiger partial charge >= 0.3 is 6.18 Å². The van der Waals surface area contributed by atoms with Crippen LogP contribution in [0.3, 0.4) is 0 Å². The van der Waals surface area contributed by atoms with E-state index in [-0.39, 0.29) is 12.6 Å². The Morgan fingerprint density at radius 1 is 1.38 bits per heavy atom. The second-order valence-electron chi connectivity index (χ2n) is 4.67. The highest BCUT2D eigenvalue weighted by Crippen LogP contribution is 2.24. The summed E-state index contributed by atoms with van der Waals surface area (Å²) in [6, 6.07) is 0.0346. The molecule has 1 N–H and O–H groups in total. The maximum absolute atomic E-state index is 12.1. The standard InChI is InChI=1S/C10H19F3N2O/c1-14(2)6-8-5-9(16)7-15(8)4-3-10(11,12)13/h8-9,16H,3-7H2,1-2H3. The summed E-state index contributed by atoms with van der Waals surface area (Å²) in [5.74, 6) is 0. The molecular formula is C10H19F3N2O. The number of likely N-dealkylation sites (N-methyl/N-ethyl adjacent to an activating group) is 1. The molecule has 1 heterocycles. The van der Waals surface area contributed by atoms with Crippen LogP contribution in [0.4, 0.5) is 13.2 Å². The molecule has 0 bridgehead atoms. The largest absolute Gasteiger partial charge is 0.392 e. The van der Waals surface area contributed by atoms with Crippen molar-refractivity contribution in [3.63, 3.8) is 0 Å². The van der Waals surface area contributed by atoms with E-state index in [1.165, 1.54) is 0 Å². The van der Waals surface area contributed by atoms with Gasteiger partial charge in [-0.3, -0.25) is 4.90 Å². The van der Waals surface area contributed by atoms with Gasteiger partial charge < -0.3 is 10.0 Å². The molecule has 2 unspecified atom stereocenters. The van der Waals surface area contributed by atoms with Gasteiger partial charge in [0, 0.05) is 25.7 Å². The second-order valence-corrected chi connectivity index (χ2v) is 4.67. The zero-order valence-electron chi connectivity index (χ0n) is 9.67. The van der Waals surface area contributed by atoms with Crippen LogP contribution in [0.2, 0.25) is 0 Å². The predicted molar refractivity (Wildman–Crippen MR) is 55.2 cm³/mol. The first-order valence-electron chi connectivity index (χ1n) is 5.41. The van der Waals surface area contributed by atoms with Gasteiger partial charge in [0.1, 0.15) is 0 Å². The van der Waals surface area contributed by atoms with E-state index in [1.54, 1.807) is 4.90 Å². The molecule has 96 valence electrons. The molecule has 0 aromatic heterocycles. The SMILES string of the molecule is CN(C)CC1CC(O)CN1CCC(F)(F)F. The number of halogens is 3. The van der Waals surface area contributed by atoms with Gasteiger partial charge in [-0.2, -0.15) is 13.2 Å². The third-order valence-corrected chi connectivity index (χ3v) is 2.76. The Morgan fingerprint density at radius 2 is 2.00 bits per heavy atom. The van der Waals surface area contributed by atoms with Crippen LogP contribution in [-0.2, 0) is 0 Å². The van der Waals surface area contributed by atoms with Crippen molar-refractivity contribution in [2.45, 2.75) is 31.2 Å². The van der Waals surface area contributed by atoms with Crippen LogP contribution in [0.5, 0.6) is 0 Å². The van der Waals surface area contributed by atoms with Gasteiger partial charge in [-0.15, -0.1) is 0 Å². The first kappa shape index (κ1) is 13.7. The molecule has 1 saturated heterocycles. The molecule has 0 aliphatic carbocycles. The van der Waals surface area contributed by atoms with Crippen molar-refractivity contribution in [2.75, 3.05) is 33.7 Å². The van der Waals surface area contributed by atoms with Gasteiger partial charge in [-0.05, 0) is 20.5 Å². The molecule has 1 aliphatic rings. The molecule has 0 radical (unpaired) electrons. The van der Waals surface area contributed by atoms with Gasteiger partial charge in [0.15, 0.2) is 0 Å². The lowest BCUT2D eigenvalue weighted by Gasteiger charge is -2.26. The summed E-state index contributed by atoms with van der Waals surface area (Å²) < 4.78 is 36.3. The Balaban J connectivity index is 2.43. The van der Waals surface area contributed by atoms with Crippen molar-refractivity contribution in [3.05, 3.63) is 0 Å². The van der Waals surface area contributed by atoms with Crippen molar-refractivity contribution >= 4 is 0 Å². The summed E-state index contributed by atoms with van der Waals surface area (Å²) >= 11 is 0. The summed E-state index contributed by atoms with van der Waals surface area (Å²) in [4.78, 5) is 3.67. The van der Waals surface area contributed by atoms with E-state index >= 15 is 0 Å². The normalized spacial score (nSPS) is 27.9.